The van der Waals surface area contributed by atoms with E-state index in [0.717, 1.165) is 5.56 Å². The minimum absolute atomic E-state index is 0.0626. The topological polar surface area (TPSA) is 146 Å². The molecule has 1 aromatic rings. The molecule has 130 valence electrons. The number of aliphatic hydroxyl groups excluding tert-OH is 4. The highest BCUT2D eigenvalue weighted by Crippen LogP contribution is 2.24. The van der Waals surface area contributed by atoms with E-state index in [1.807, 2.05) is 0 Å². The van der Waals surface area contributed by atoms with E-state index in [9.17, 15) is 20.5 Å². The zero-order valence-electron chi connectivity index (χ0n) is 12.2. The van der Waals surface area contributed by atoms with Crippen molar-refractivity contribution in [3.8, 4) is 5.75 Å². The maximum Gasteiger partial charge on any atom is 0.229 e. The smallest absolute Gasteiger partial charge is 0.229 e. The number of benzene rings is 1. The Balaban J connectivity index is 1.97. The Morgan fingerprint density at radius 2 is 1.74 bits per heavy atom. The van der Waals surface area contributed by atoms with Crippen LogP contribution in [0.2, 0.25) is 0 Å². The fourth-order valence-corrected chi connectivity index (χ4v) is 2.26. The first-order chi connectivity index (χ1) is 10.9. The minimum Gasteiger partial charge on any atom is -0.762 e. The van der Waals surface area contributed by atoms with Gasteiger partial charge in [0.1, 0.15) is 30.2 Å². The van der Waals surface area contributed by atoms with E-state index in [4.69, 9.17) is 19.8 Å². The van der Waals surface area contributed by atoms with Crippen LogP contribution in [0.4, 0.5) is 0 Å². The second-order valence-electron chi connectivity index (χ2n) is 5.28. The molecule has 9 nitrogen and oxygen atoms in total. The van der Waals surface area contributed by atoms with E-state index in [1.165, 1.54) is 0 Å². The third kappa shape index (κ3) is 4.59. The SMILES string of the molecule is [O-]N(O)CCc1ccc(O[C@H]2O[C@@H](CO)[C@@H](O)[C@H](O)[C@H]2O)cc1. The molecule has 1 heterocycles. The van der Waals surface area contributed by atoms with Crippen LogP contribution in [-0.4, -0.2) is 74.7 Å². The molecular formula is C14H20NO8-. The van der Waals surface area contributed by atoms with Crippen molar-refractivity contribution in [1.82, 2.24) is 5.23 Å². The number of aliphatic hydroxyl groups is 4. The second-order valence-corrected chi connectivity index (χ2v) is 5.28. The van der Waals surface area contributed by atoms with Crippen LogP contribution in [0.5, 0.6) is 5.75 Å². The van der Waals surface area contributed by atoms with Crippen molar-refractivity contribution in [2.45, 2.75) is 37.1 Å². The van der Waals surface area contributed by atoms with Gasteiger partial charge in [0.15, 0.2) is 0 Å². The molecule has 0 unspecified atom stereocenters. The normalized spacial score (nSPS) is 31.3. The number of hydrogen-bond acceptors (Lipinski definition) is 9. The molecule has 0 saturated carbocycles. The van der Waals surface area contributed by atoms with Crippen LogP contribution in [0, 0.1) is 5.21 Å². The Morgan fingerprint density at radius 3 is 2.30 bits per heavy atom. The number of hydroxylamine groups is 2. The van der Waals surface area contributed by atoms with E-state index in [1.54, 1.807) is 24.3 Å². The van der Waals surface area contributed by atoms with Crippen molar-refractivity contribution in [2.24, 2.45) is 0 Å². The van der Waals surface area contributed by atoms with Crippen molar-refractivity contribution < 1.29 is 35.1 Å². The molecule has 0 radical (unpaired) electrons. The van der Waals surface area contributed by atoms with E-state index in [0.29, 0.717) is 12.2 Å². The molecule has 1 fully saturated rings. The minimum atomic E-state index is -1.50. The largest absolute Gasteiger partial charge is 0.762 e. The number of hydrogen-bond donors (Lipinski definition) is 5. The summed E-state index contributed by atoms with van der Waals surface area (Å²) in [7, 11) is 0. The molecule has 2 rings (SSSR count). The lowest BCUT2D eigenvalue weighted by molar-refractivity contribution is -0.277. The van der Waals surface area contributed by atoms with Crippen molar-refractivity contribution >= 4 is 0 Å². The van der Waals surface area contributed by atoms with Gasteiger partial charge in [-0.1, -0.05) is 12.1 Å². The lowest BCUT2D eigenvalue weighted by Crippen LogP contribution is -2.60. The lowest BCUT2D eigenvalue weighted by atomic mass is 9.99. The molecule has 0 aliphatic carbocycles. The number of rotatable bonds is 6. The second kappa shape index (κ2) is 7.99. The van der Waals surface area contributed by atoms with Crippen molar-refractivity contribution in [2.75, 3.05) is 13.2 Å². The third-order valence-corrected chi connectivity index (χ3v) is 3.62. The molecule has 1 aliphatic heterocycles. The molecule has 0 spiro atoms. The summed E-state index contributed by atoms with van der Waals surface area (Å²) in [6.45, 7) is -0.594. The average molecular weight is 330 g/mol. The van der Waals surface area contributed by atoms with Crippen molar-refractivity contribution in [3.63, 3.8) is 0 Å². The summed E-state index contributed by atoms with van der Waals surface area (Å²) in [5.74, 6) is 0.334. The first kappa shape index (κ1) is 18.0. The first-order valence-electron chi connectivity index (χ1n) is 7.12. The van der Waals surface area contributed by atoms with Crippen LogP contribution in [0.1, 0.15) is 5.56 Å². The van der Waals surface area contributed by atoms with Gasteiger partial charge < -0.3 is 40.3 Å². The van der Waals surface area contributed by atoms with Crippen molar-refractivity contribution in [3.05, 3.63) is 35.0 Å². The summed E-state index contributed by atoms with van der Waals surface area (Å²) < 4.78 is 10.7. The fraction of sp³-hybridized carbons (Fsp3) is 0.571. The summed E-state index contributed by atoms with van der Waals surface area (Å²) in [6, 6.07) is 6.48. The maximum absolute atomic E-state index is 10.4. The molecule has 5 N–H and O–H groups in total. The van der Waals surface area contributed by atoms with Gasteiger partial charge in [0, 0.05) is 6.54 Å². The van der Waals surface area contributed by atoms with Crippen LogP contribution in [0.25, 0.3) is 0 Å². The first-order valence-corrected chi connectivity index (χ1v) is 7.12. The molecule has 0 amide bonds. The highest BCUT2D eigenvalue weighted by atomic mass is 16.8. The molecule has 9 heteroatoms. The van der Waals surface area contributed by atoms with Crippen LogP contribution >= 0.6 is 0 Å². The van der Waals surface area contributed by atoms with Gasteiger partial charge in [0.25, 0.3) is 0 Å². The van der Waals surface area contributed by atoms with Crippen molar-refractivity contribution in [1.29, 1.82) is 0 Å². The van der Waals surface area contributed by atoms with Gasteiger partial charge >= 0.3 is 0 Å². The predicted molar refractivity (Wildman–Crippen MR) is 76.4 cm³/mol. The number of nitrogens with zero attached hydrogens (tertiary/aromatic N) is 1. The van der Waals surface area contributed by atoms with Crippen LogP contribution in [0.3, 0.4) is 0 Å². The van der Waals surface area contributed by atoms with Crippen LogP contribution < -0.4 is 4.74 Å². The zero-order chi connectivity index (χ0) is 17.0. The van der Waals surface area contributed by atoms with Gasteiger partial charge in [-0.05, 0) is 24.1 Å². The van der Waals surface area contributed by atoms with E-state index >= 15 is 0 Å². The Bertz CT molecular complexity index is 480. The summed E-state index contributed by atoms with van der Waals surface area (Å²) in [5, 5.41) is 57.2. The molecule has 0 bridgehead atoms. The van der Waals surface area contributed by atoms with Gasteiger partial charge in [0.2, 0.25) is 6.29 Å². The third-order valence-electron chi connectivity index (χ3n) is 3.62. The Hall–Kier alpha value is -1.30. The predicted octanol–water partition coefficient (Wildman–Crippen LogP) is -1.40. The zero-order valence-corrected chi connectivity index (χ0v) is 12.2. The van der Waals surface area contributed by atoms with Gasteiger partial charge in [0.05, 0.1) is 6.61 Å². The fourth-order valence-electron chi connectivity index (χ4n) is 2.26. The van der Waals surface area contributed by atoms with Gasteiger partial charge in [-0.2, -0.15) is 0 Å². The summed E-state index contributed by atoms with van der Waals surface area (Å²) in [4.78, 5) is 0. The standard InChI is InChI=1S/C14H20NO8/c16-7-10-11(17)12(18)13(19)14(23-10)22-9-3-1-8(2-4-9)5-6-15(20)21/h1-4,10-14,16-20H,5-7H2/q-1/t10-,11+,12-,13+,14-/m0/s1. The molecular weight excluding hydrogens is 310 g/mol. The molecule has 5 atom stereocenters. The van der Waals surface area contributed by atoms with Crippen LogP contribution in [0.15, 0.2) is 24.3 Å². The summed E-state index contributed by atoms with van der Waals surface area (Å²) in [5.41, 5.74) is 0.793. The molecule has 23 heavy (non-hydrogen) atoms. The quantitative estimate of drug-likeness (QED) is 0.397. The highest BCUT2D eigenvalue weighted by Gasteiger charge is 2.44. The van der Waals surface area contributed by atoms with Gasteiger partial charge in [-0.3, -0.25) is 5.23 Å². The Morgan fingerprint density at radius 1 is 1.09 bits per heavy atom. The summed E-state index contributed by atoms with van der Waals surface area (Å²) >= 11 is 0. The summed E-state index contributed by atoms with van der Waals surface area (Å²) in [6.07, 6.45) is -6.35. The highest BCUT2D eigenvalue weighted by molar-refractivity contribution is 5.27. The van der Waals surface area contributed by atoms with Gasteiger partial charge in [-0.25, -0.2) is 0 Å². The van der Waals surface area contributed by atoms with E-state index < -0.39 is 37.3 Å². The van der Waals surface area contributed by atoms with E-state index in [-0.39, 0.29) is 11.8 Å². The van der Waals surface area contributed by atoms with Crippen LogP contribution in [-0.2, 0) is 11.2 Å². The maximum atomic E-state index is 10.4. The average Bonchev–Trinajstić information content (AvgIpc) is 2.54. The van der Waals surface area contributed by atoms with Gasteiger partial charge in [-0.15, -0.1) is 0 Å². The molecule has 1 aliphatic rings. The molecule has 1 saturated heterocycles. The molecule has 1 aromatic carbocycles. The van der Waals surface area contributed by atoms with E-state index in [2.05, 4.69) is 0 Å². The lowest BCUT2D eigenvalue weighted by Gasteiger charge is -2.39. The Labute approximate surface area is 132 Å². The number of ether oxygens (including phenoxy) is 2. The Kier molecular flexibility index (Phi) is 6.27. The monoisotopic (exact) mass is 330 g/mol. The molecule has 0 aromatic heterocycles.